The highest BCUT2D eigenvalue weighted by Crippen LogP contribution is 2.29. The van der Waals surface area contributed by atoms with E-state index in [1.807, 2.05) is 11.0 Å². The molecule has 1 rings (SSSR count). The quantitative estimate of drug-likeness (QED) is 0.774. The highest BCUT2D eigenvalue weighted by Gasteiger charge is 2.09. The van der Waals surface area contributed by atoms with E-state index >= 15 is 0 Å². The van der Waals surface area contributed by atoms with Gasteiger partial charge in [0.15, 0.2) is 0 Å². The van der Waals surface area contributed by atoms with Crippen molar-refractivity contribution in [2.75, 3.05) is 25.1 Å². The van der Waals surface area contributed by atoms with Gasteiger partial charge in [-0.1, -0.05) is 17.7 Å². The lowest BCUT2D eigenvalue weighted by Gasteiger charge is -2.23. The SMILES string of the molecule is C=CCN(CCC(=O)O)c1ccc(OC)c(Cl)c1. The van der Waals surface area contributed by atoms with Crippen molar-refractivity contribution in [3.63, 3.8) is 0 Å². The van der Waals surface area contributed by atoms with E-state index in [2.05, 4.69) is 6.58 Å². The molecule has 0 aromatic heterocycles. The van der Waals surface area contributed by atoms with Crippen LogP contribution in [-0.2, 0) is 4.79 Å². The van der Waals surface area contributed by atoms with E-state index in [0.717, 1.165) is 5.69 Å². The molecule has 1 N–H and O–H groups in total. The number of ether oxygens (including phenoxy) is 1. The first-order chi connectivity index (χ1) is 8.58. The molecule has 0 saturated carbocycles. The predicted octanol–water partition coefficient (Wildman–Crippen LogP) is 2.82. The van der Waals surface area contributed by atoms with Gasteiger partial charge in [-0.3, -0.25) is 4.79 Å². The van der Waals surface area contributed by atoms with E-state index in [1.165, 1.54) is 0 Å². The summed E-state index contributed by atoms with van der Waals surface area (Å²) in [5.41, 5.74) is 0.849. The number of halogens is 1. The predicted molar refractivity (Wildman–Crippen MR) is 72.7 cm³/mol. The Bertz CT molecular complexity index is 434. The molecular formula is C13H16ClNO3. The van der Waals surface area contributed by atoms with Crippen LogP contribution in [0.3, 0.4) is 0 Å². The van der Waals surface area contributed by atoms with Crippen molar-refractivity contribution in [1.82, 2.24) is 0 Å². The van der Waals surface area contributed by atoms with Crippen molar-refractivity contribution in [2.45, 2.75) is 6.42 Å². The molecule has 0 heterocycles. The molecule has 5 heteroatoms. The highest BCUT2D eigenvalue weighted by atomic mass is 35.5. The highest BCUT2D eigenvalue weighted by molar-refractivity contribution is 6.32. The molecule has 0 amide bonds. The van der Waals surface area contributed by atoms with Crippen molar-refractivity contribution in [2.24, 2.45) is 0 Å². The normalized spacial score (nSPS) is 9.89. The van der Waals surface area contributed by atoms with Gasteiger partial charge in [-0.25, -0.2) is 0 Å². The lowest BCUT2D eigenvalue weighted by atomic mass is 10.2. The van der Waals surface area contributed by atoms with E-state index in [0.29, 0.717) is 23.9 Å². The van der Waals surface area contributed by atoms with Crippen LogP contribution in [-0.4, -0.2) is 31.3 Å². The van der Waals surface area contributed by atoms with Gasteiger partial charge in [-0.2, -0.15) is 0 Å². The summed E-state index contributed by atoms with van der Waals surface area (Å²) in [6.45, 7) is 4.63. The van der Waals surface area contributed by atoms with Crippen LogP contribution in [0.15, 0.2) is 30.9 Å². The molecule has 1 aromatic carbocycles. The Labute approximate surface area is 111 Å². The number of aliphatic carboxylic acids is 1. The summed E-state index contributed by atoms with van der Waals surface area (Å²) < 4.78 is 5.07. The van der Waals surface area contributed by atoms with Gasteiger partial charge in [-0.15, -0.1) is 6.58 Å². The average Bonchev–Trinajstić information content (AvgIpc) is 2.34. The molecule has 98 valence electrons. The monoisotopic (exact) mass is 269 g/mol. The Morgan fingerprint density at radius 3 is 2.83 bits per heavy atom. The summed E-state index contributed by atoms with van der Waals surface area (Å²) in [5, 5.41) is 9.22. The maximum atomic E-state index is 10.6. The van der Waals surface area contributed by atoms with Gasteiger partial charge in [-0.05, 0) is 18.2 Å². The zero-order valence-electron chi connectivity index (χ0n) is 10.2. The maximum absolute atomic E-state index is 10.6. The van der Waals surface area contributed by atoms with Gasteiger partial charge >= 0.3 is 5.97 Å². The molecule has 0 spiro atoms. The Balaban J connectivity index is 2.87. The van der Waals surface area contributed by atoms with Crippen molar-refractivity contribution in [1.29, 1.82) is 0 Å². The van der Waals surface area contributed by atoms with Crippen molar-refractivity contribution in [3.8, 4) is 5.75 Å². The summed E-state index contributed by atoms with van der Waals surface area (Å²) in [4.78, 5) is 12.5. The summed E-state index contributed by atoms with van der Waals surface area (Å²) in [5.74, 6) is -0.235. The van der Waals surface area contributed by atoms with Crippen LogP contribution in [0.4, 0.5) is 5.69 Å². The molecule has 0 atom stereocenters. The number of carboxylic acid groups (broad SMARTS) is 1. The van der Waals surface area contributed by atoms with Crippen molar-refractivity contribution >= 4 is 23.3 Å². The second-order valence-electron chi connectivity index (χ2n) is 3.70. The molecule has 0 saturated heterocycles. The van der Waals surface area contributed by atoms with Gasteiger partial charge in [0.25, 0.3) is 0 Å². The third kappa shape index (κ3) is 3.96. The van der Waals surface area contributed by atoms with Crippen LogP contribution in [0.2, 0.25) is 5.02 Å². The van der Waals surface area contributed by atoms with Crippen LogP contribution in [0, 0.1) is 0 Å². The fraction of sp³-hybridized carbons (Fsp3) is 0.308. The van der Waals surface area contributed by atoms with E-state index in [9.17, 15) is 4.79 Å². The molecule has 0 unspecified atom stereocenters. The fourth-order valence-corrected chi connectivity index (χ4v) is 1.82. The first kappa shape index (κ1) is 14.4. The summed E-state index contributed by atoms with van der Waals surface area (Å²) in [6, 6.07) is 5.36. The number of hydrogen-bond donors (Lipinski definition) is 1. The maximum Gasteiger partial charge on any atom is 0.305 e. The third-order valence-corrected chi connectivity index (χ3v) is 2.74. The molecule has 0 aliphatic heterocycles. The van der Waals surface area contributed by atoms with Gasteiger partial charge in [0, 0.05) is 18.8 Å². The second kappa shape index (κ2) is 6.91. The molecule has 18 heavy (non-hydrogen) atoms. The summed E-state index contributed by atoms with van der Waals surface area (Å²) in [7, 11) is 1.55. The number of benzene rings is 1. The standard InChI is InChI=1S/C13H16ClNO3/c1-3-7-15(8-6-13(16)17)10-4-5-12(18-2)11(14)9-10/h3-5,9H,1,6-8H2,2H3,(H,16,17). The number of hydrogen-bond acceptors (Lipinski definition) is 3. The zero-order chi connectivity index (χ0) is 13.5. The van der Waals surface area contributed by atoms with Crippen LogP contribution < -0.4 is 9.64 Å². The second-order valence-corrected chi connectivity index (χ2v) is 4.10. The minimum absolute atomic E-state index is 0.0670. The first-order valence-corrected chi connectivity index (χ1v) is 5.87. The van der Waals surface area contributed by atoms with Crippen LogP contribution in [0.5, 0.6) is 5.75 Å². The number of nitrogens with zero attached hydrogens (tertiary/aromatic N) is 1. The van der Waals surface area contributed by atoms with Gasteiger partial charge in [0.2, 0.25) is 0 Å². The van der Waals surface area contributed by atoms with Gasteiger partial charge in [0.1, 0.15) is 5.75 Å². The zero-order valence-corrected chi connectivity index (χ0v) is 11.0. The fourth-order valence-electron chi connectivity index (χ4n) is 1.56. The number of methoxy groups -OCH3 is 1. The number of carboxylic acids is 1. The number of rotatable bonds is 7. The topological polar surface area (TPSA) is 49.8 Å². The van der Waals surface area contributed by atoms with E-state index in [4.69, 9.17) is 21.4 Å². The molecule has 0 radical (unpaired) electrons. The van der Waals surface area contributed by atoms with E-state index < -0.39 is 5.97 Å². The third-order valence-electron chi connectivity index (χ3n) is 2.45. The summed E-state index contributed by atoms with van der Waals surface area (Å²) in [6.07, 6.45) is 1.79. The average molecular weight is 270 g/mol. The van der Waals surface area contributed by atoms with Crippen molar-refractivity contribution in [3.05, 3.63) is 35.9 Å². The minimum atomic E-state index is -0.830. The minimum Gasteiger partial charge on any atom is -0.495 e. The Kier molecular flexibility index (Phi) is 5.52. The first-order valence-electron chi connectivity index (χ1n) is 5.49. The largest absolute Gasteiger partial charge is 0.495 e. The van der Waals surface area contributed by atoms with Crippen LogP contribution in [0.1, 0.15) is 6.42 Å². The molecule has 1 aromatic rings. The molecular weight excluding hydrogens is 254 g/mol. The van der Waals surface area contributed by atoms with Crippen LogP contribution in [0.25, 0.3) is 0 Å². The lowest BCUT2D eigenvalue weighted by molar-refractivity contribution is -0.136. The molecule has 0 aliphatic carbocycles. The number of anilines is 1. The van der Waals surface area contributed by atoms with Crippen molar-refractivity contribution < 1.29 is 14.6 Å². The van der Waals surface area contributed by atoms with E-state index in [1.54, 1.807) is 25.3 Å². The molecule has 4 nitrogen and oxygen atoms in total. The lowest BCUT2D eigenvalue weighted by Crippen LogP contribution is -2.26. The summed E-state index contributed by atoms with van der Waals surface area (Å²) >= 11 is 6.04. The van der Waals surface area contributed by atoms with Gasteiger partial charge < -0.3 is 14.7 Å². The van der Waals surface area contributed by atoms with Gasteiger partial charge in [0.05, 0.1) is 18.6 Å². The number of carbonyl (C=O) groups is 1. The Morgan fingerprint density at radius 2 is 2.33 bits per heavy atom. The molecule has 0 bridgehead atoms. The van der Waals surface area contributed by atoms with E-state index in [-0.39, 0.29) is 6.42 Å². The van der Waals surface area contributed by atoms with Crippen LogP contribution >= 0.6 is 11.6 Å². The Morgan fingerprint density at radius 1 is 1.61 bits per heavy atom. The molecule has 0 aliphatic rings. The Hall–Kier alpha value is -1.68. The smallest absolute Gasteiger partial charge is 0.305 e. The molecule has 0 fully saturated rings.